The van der Waals surface area contributed by atoms with Crippen LogP contribution in [0.25, 0.3) is 0 Å². The van der Waals surface area contributed by atoms with Crippen LogP contribution in [0.4, 0.5) is 0 Å². The summed E-state index contributed by atoms with van der Waals surface area (Å²) in [5.74, 6) is 0.924. The molecule has 1 saturated heterocycles. The molecule has 1 aromatic rings. The number of nitrogens with one attached hydrogen (secondary N) is 1. The first-order valence-electron chi connectivity index (χ1n) is 5.97. The maximum Gasteiger partial charge on any atom is 0.120 e. The molecule has 0 aromatic heterocycles. The fourth-order valence-corrected chi connectivity index (χ4v) is 2.58. The number of hydrogen-bond donors (Lipinski definition) is 1. The number of nitrogens with zero attached hydrogens (tertiary/aromatic N) is 1. The number of benzene rings is 1. The van der Waals surface area contributed by atoms with E-state index < -0.39 is 0 Å². The quantitative estimate of drug-likeness (QED) is 0.926. The largest absolute Gasteiger partial charge is 0.497 e. The van der Waals surface area contributed by atoms with Crippen LogP contribution >= 0.6 is 15.9 Å². The summed E-state index contributed by atoms with van der Waals surface area (Å²) in [4.78, 5) is 2.48. The number of halogens is 1. The Bertz CT molecular complexity index is 389. The molecule has 3 nitrogen and oxygen atoms in total. The lowest BCUT2D eigenvalue weighted by Crippen LogP contribution is -2.43. The van der Waals surface area contributed by atoms with Gasteiger partial charge in [-0.05, 0) is 30.2 Å². The molecule has 1 N–H and O–H groups in total. The average Bonchev–Trinajstić information content (AvgIpc) is 2.36. The van der Waals surface area contributed by atoms with Crippen LogP contribution in [-0.2, 0) is 6.54 Å². The standard InChI is InChI=1S/C13H19BrN2O/c1-10-11(7-12(17-2)8-13(10)14)9-16-5-3-15-4-6-16/h7-8,15H,3-6,9H2,1-2H3. The summed E-state index contributed by atoms with van der Waals surface area (Å²) in [6.07, 6.45) is 0. The molecule has 0 atom stereocenters. The third-order valence-corrected chi connectivity index (χ3v) is 4.09. The minimum absolute atomic E-state index is 0.924. The van der Waals surface area contributed by atoms with Gasteiger partial charge in [0.2, 0.25) is 0 Å². The highest BCUT2D eigenvalue weighted by molar-refractivity contribution is 9.10. The fraction of sp³-hybridized carbons (Fsp3) is 0.538. The summed E-state index contributed by atoms with van der Waals surface area (Å²) >= 11 is 3.59. The van der Waals surface area contributed by atoms with E-state index >= 15 is 0 Å². The van der Waals surface area contributed by atoms with Crippen LogP contribution < -0.4 is 10.1 Å². The number of ether oxygens (including phenoxy) is 1. The maximum atomic E-state index is 5.32. The summed E-state index contributed by atoms with van der Waals surface area (Å²) in [6.45, 7) is 7.57. The average molecular weight is 299 g/mol. The zero-order valence-corrected chi connectivity index (χ0v) is 12.0. The van der Waals surface area contributed by atoms with Crippen molar-refractivity contribution in [3.05, 3.63) is 27.7 Å². The molecule has 4 heteroatoms. The lowest BCUT2D eigenvalue weighted by atomic mass is 10.1. The molecule has 1 fully saturated rings. The van der Waals surface area contributed by atoms with Gasteiger partial charge in [0, 0.05) is 37.2 Å². The molecule has 1 aliphatic rings. The van der Waals surface area contributed by atoms with Crippen LogP contribution in [0.3, 0.4) is 0 Å². The molecule has 0 amide bonds. The Morgan fingerprint density at radius 3 is 2.71 bits per heavy atom. The molecule has 0 spiro atoms. The van der Waals surface area contributed by atoms with E-state index in [0.717, 1.165) is 42.9 Å². The Morgan fingerprint density at radius 2 is 2.06 bits per heavy atom. The van der Waals surface area contributed by atoms with Crippen molar-refractivity contribution in [2.24, 2.45) is 0 Å². The van der Waals surface area contributed by atoms with Gasteiger partial charge in [0.25, 0.3) is 0 Å². The molecule has 1 aliphatic heterocycles. The molecule has 1 heterocycles. The van der Waals surface area contributed by atoms with E-state index in [4.69, 9.17) is 4.74 Å². The Hall–Kier alpha value is -0.580. The smallest absolute Gasteiger partial charge is 0.120 e. The van der Waals surface area contributed by atoms with Gasteiger partial charge in [-0.1, -0.05) is 15.9 Å². The third kappa shape index (κ3) is 3.21. The molecule has 0 aliphatic carbocycles. The number of hydrogen-bond acceptors (Lipinski definition) is 3. The minimum Gasteiger partial charge on any atom is -0.497 e. The van der Waals surface area contributed by atoms with Gasteiger partial charge < -0.3 is 10.1 Å². The first kappa shape index (κ1) is 12.9. The van der Waals surface area contributed by atoms with Crippen molar-refractivity contribution < 1.29 is 4.74 Å². The van der Waals surface area contributed by atoms with Crippen molar-refractivity contribution in [2.75, 3.05) is 33.3 Å². The SMILES string of the molecule is COc1cc(Br)c(C)c(CN2CCNCC2)c1. The van der Waals surface area contributed by atoms with E-state index in [-0.39, 0.29) is 0 Å². The van der Waals surface area contributed by atoms with Crippen molar-refractivity contribution >= 4 is 15.9 Å². The Kier molecular flexibility index (Phi) is 4.42. The van der Waals surface area contributed by atoms with E-state index in [1.54, 1.807) is 7.11 Å². The molecule has 0 radical (unpaired) electrons. The zero-order chi connectivity index (χ0) is 12.3. The van der Waals surface area contributed by atoms with Gasteiger partial charge in [-0.15, -0.1) is 0 Å². The Morgan fingerprint density at radius 1 is 1.35 bits per heavy atom. The highest BCUT2D eigenvalue weighted by Crippen LogP contribution is 2.27. The maximum absolute atomic E-state index is 5.32. The van der Waals surface area contributed by atoms with Crippen LogP contribution in [-0.4, -0.2) is 38.2 Å². The van der Waals surface area contributed by atoms with Gasteiger partial charge in [0.05, 0.1) is 7.11 Å². The molecular formula is C13H19BrN2O. The molecule has 17 heavy (non-hydrogen) atoms. The van der Waals surface area contributed by atoms with Crippen LogP contribution in [0.5, 0.6) is 5.75 Å². The highest BCUT2D eigenvalue weighted by atomic mass is 79.9. The van der Waals surface area contributed by atoms with Gasteiger partial charge in [0.1, 0.15) is 5.75 Å². The van der Waals surface area contributed by atoms with Gasteiger partial charge in [-0.2, -0.15) is 0 Å². The molecule has 0 bridgehead atoms. The summed E-state index contributed by atoms with van der Waals surface area (Å²) in [5.41, 5.74) is 2.66. The van der Waals surface area contributed by atoms with E-state index in [1.807, 2.05) is 6.07 Å². The molecule has 94 valence electrons. The van der Waals surface area contributed by atoms with Gasteiger partial charge in [-0.25, -0.2) is 0 Å². The second-order valence-corrected chi connectivity index (χ2v) is 5.27. The van der Waals surface area contributed by atoms with Crippen LogP contribution in [0, 0.1) is 6.92 Å². The third-order valence-electron chi connectivity index (χ3n) is 3.26. The van der Waals surface area contributed by atoms with Crippen molar-refractivity contribution in [3.8, 4) is 5.75 Å². The van der Waals surface area contributed by atoms with E-state index in [9.17, 15) is 0 Å². The van der Waals surface area contributed by atoms with E-state index in [1.165, 1.54) is 11.1 Å². The summed E-state index contributed by atoms with van der Waals surface area (Å²) in [5, 5.41) is 3.37. The predicted molar refractivity (Wildman–Crippen MR) is 73.6 cm³/mol. The summed E-state index contributed by atoms with van der Waals surface area (Å²) in [6, 6.07) is 4.17. The highest BCUT2D eigenvalue weighted by Gasteiger charge is 2.13. The van der Waals surface area contributed by atoms with Gasteiger partial charge in [-0.3, -0.25) is 4.90 Å². The second kappa shape index (κ2) is 5.85. The number of rotatable bonds is 3. The van der Waals surface area contributed by atoms with Crippen molar-refractivity contribution in [3.63, 3.8) is 0 Å². The Balaban J connectivity index is 2.15. The van der Waals surface area contributed by atoms with E-state index in [0.29, 0.717) is 0 Å². The van der Waals surface area contributed by atoms with Crippen molar-refractivity contribution in [2.45, 2.75) is 13.5 Å². The van der Waals surface area contributed by atoms with Crippen molar-refractivity contribution in [1.82, 2.24) is 10.2 Å². The lowest BCUT2D eigenvalue weighted by Gasteiger charge is -2.28. The normalized spacial score (nSPS) is 17.1. The first-order chi connectivity index (χ1) is 8.20. The molecule has 0 saturated carbocycles. The molecular weight excluding hydrogens is 280 g/mol. The lowest BCUT2D eigenvalue weighted by molar-refractivity contribution is 0.232. The summed E-state index contributed by atoms with van der Waals surface area (Å²) in [7, 11) is 1.71. The fourth-order valence-electron chi connectivity index (χ4n) is 2.10. The monoisotopic (exact) mass is 298 g/mol. The van der Waals surface area contributed by atoms with Crippen molar-refractivity contribution in [1.29, 1.82) is 0 Å². The Labute approximate surface area is 111 Å². The summed E-state index contributed by atoms with van der Waals surface area (Å²) < 4.78 is 6.45. The van der Waals surface area contributed by atoms with E-state index in [2.05, 4.69) is 39.1 Å². The minimum atomic E-state index is 0.924. The molecule has 1 aromatic carbocycles. The molecule has 0 unspecified atom stereocenters. The predicted octanol–water partition coefficient (Wildman–Crippen LogP) is 2.17. The van der Waals surface area contributed by atoms with Crippen LogP contribution in [0.15, 0.2) is 16.6 Å². The number of piperazine rings is 1. The van der Waals surface area contributed by atoms with Crippen LogP contribution in [0.2, 0.25) is 0 Å². The topological polar surface area (TPSA) is 24.5 Å². The van der Waals surface area contributed by atoms with Gasteiger partial charge >= 0.3 is 0 Å². The second-order valence-electron chi connectivity index (χ2n) is 4.42. The molecule has 2 rings (SSSR count). The van der Waals surface area contributed by atoms with Crippen LogP contribution in [0.1, 0.15) is 11.1 Å². The number of methoxy groups -OCH3 is 1. The zero-order valence-electron chi connectivity index (χ0n) is 10.4. The first-order valence-corrected chi connectivity index (χ1v) is 6.76. The van der Waals surface area contributed by atoms with Gasteiger partial charge in [0.15, 0.2) is 0 Å².